The van der Waals surface area contributed by atoms with Crippen molar-refractivity contribution in [1.82, 2.24) is 4.98 Å². The highest BCUT2D eigenvalue weighted by Crippen LogP contribution is 2.33. The Bertz CT molecular complexity index is 663. The number of amides is 1. The van der Waals surface area contributed by atoms with Crippen LogP contribution in [-0.2, 0) is 12.8 Å². The van der Waals surface area contributed by atoms with Crippen LogP contribution in [0, 0.1) is 12.8 Å². The monoisotopic (exact) mass is 300 g/mol. The van der Waals surface area contributed by atoms with Crippen molar-refractivity contribution in [2.45, 2.75) is 39.5 Å². The molecule has 1 unspecified atom stereocenters. The molecule has 1 aliphatic rings. The number of rotatable bonds is 3. The Morgan fingerprint density at radius 3 is 3.14 bits per heavy atom. The number of nitrogens with zero attached hydrogens (tertiary/aromatic N) is 1. The van der Waals surface area contributed by atoms with E-state index in [4.69, 9.17) is 0 Å². The van der Waals surface area contributed by atoms with E-state index >= 15 is 0 Å². The van der Waals surface area contributed by atoms with Crippen LogP contribution in [0.25, 0.3) is 0 Å². The van der Waals surface area contributed by atoms with E-state index in [0.717, 1.165) is 29.2 Å². The number of hydrogen-bond donors (Lipinski definition) is 1. The molecule has 0 saturated carbocycles. The number of carbonyl (C=O) groups is 1. The maximum absolute atomic E-state index is 12.4. The zero-order chi connectivity index (χ0) is 14.8. The first-order chi connectivity index (χ1) is 10.2. The lowest BCUT2D eigenvalue weighted by Gasteiger charge is -2.19. The first-order valence-electron chi connectivity index (χ1n) is 7.52. The van der Waals surface area contributed by atoms with Crippen LogP contribution in [0.2, 0.25) is 0 Å². The number of fused-ring (bicyclic) bond motifs is 1. The predicted molar refractivity (Wildman–Crippen MR) is 87.1 cm³/mol. The fraction of sp³-hybridized carbons (Fsp3) is 0.412. The van der Waals surface area contributed by atoms with Crippen LogP contribution in [0.3, 0.4) is 0 Å². The third kappa shape index (κ3) is 3.00. The highest BCUT2D eigenvalue weighted by Gasteiger charge is 2.22. The van der Waals surface area contributed by atoms with Gasteiger partial charge in [0.1, 0.15) is 5.82 Å². The maximum Gasteiger partial charge on any atom is 0.266 e. The Balaban J connectivity index is 1.77. The van der Waals surface area contributed by atoms with E-state index in [9.17, 15) is 4.79 Å². The third-order valence-corrected chi connectivity index (χ3v) is 5.46. The first kappa shape index (κ1) is 14.3. The molecule has 4 heteroatoms. The van der Waals surface area contributed by atoms with E-state index < -0.39 is 0 Å². The molecule has 0 spiro atoms. The van der Waals surface area contributed by atoms with Gasteiger partial charge in [-0.2, -0.15) is 0 Å². The van der Waals surface area contributed by atoms with Crippen molar-refractivity contribution in [3.8, 4) is 0 Å². The van der Waals surface area contributed by atoms with E-state index in [1.54, 1.807) is 17.5 Å². The van der Waals surface area contributed by atoms with Crippen LogP contribution >= 0.6 is 11.3 Å². The zero-order valence-corrected chi connectivity index (χ0v) is 13.3. The smallest absolute Gasteiger partial charge is 0.266 e. The lowest BCUT2D eigenvalue weighted by atomic mass is 9.87. The van der Waals surface area contributed by atoms with Gasteiger partial charge in [0.2, 0.25) is 0 Å². The SMILES string of the molecule is CCC1CCc2sc(C(=O)Nc3ncccc3C)cc2C1. The molecule has 0 aliphatic heterocycles. The summed E-state index contributed by atoms with van der Waals surface area (Å²) < 4.78 is 0. The van der Waals surface area contributed by atoms with Crippen molar-refractivity contribution in [3.63, 3.8) is 0 Å². The highest BCUT2D eigenvalue weighted by molar-refractivity contribution is 7.14. The number of anilines is 1. The number of aryl methyl sites for hydroxylation is 2. The maximum atomic E-state index is 12.4. The van der Waals surface area contributed by atoms with Gasteiger partial charge in [-0.3, -0.25) is 4.79 Å². The van der Waals surface area contributed by atoms with Gasteiger partial charge in [-0.15, -0.1) is 11.3 Å². The summed E-state index contributed by atoms with van der Waals surface area (Å²) in [4.78, 5) is 18.8. The van der Waals surface area contributed by atoms with E-state index in [0.29, 0.717) is 5.82 Å². The number of nitrogens with one attached hydrogen (secondary N) is 1. The summed E-state index contributed by atoms with van der Waals surface area (Å²) in [5.74, 6) is 1.39. The van der Waals surface area contributed by atoms with Gasteiger partial charge in [0.05, 0.1) is 4.88 Å². The molecule has 0 fully saturated rings. The molecule has 1 N–H and O–H groups in total. The zero-order valence-electron chi connectivity index (χ0n) is 12.5. The molecule has 0 radical (unpaired) electrons. The second kappa shape index (κ2) is 5.98. The van der Waals surface area contributed by atoms with Crippen molar-refractivity contribution >= 4 is 23.1 Å². The standard InChI is InChI=1S/C17H20N2OS/c1-3-12-6-7-14-13(9-12)10-15(21-14)17(20)19-16-11(2)5-4-8-18-16/h4-5,8,10,12H,3,6-7,9H2,1-2H3,(H,18,19,20). The van der Waals surface area contributed by atoms with Gasteiger partial charge in [-0.05, 0) is 55.4 Å². The molecular formula is C17H20N2OS. The van der Waals surface area contributed by atoms with Gasteiger partial charge in [0.25, 0.3) is 5.91 Å². The molecule has 0 bridgehead atoms. The van der Waals surface area contributed by atoms with Crippen LogP contribution in [-0.4, -0.2) is 10.9 Å². The summed E-state index contributed by atoms with van der Waals surface area (Å²) in [7, 11) is 0. The minimum atomic E-state index is -0.0377. The van der Waals surface area contributed by atoms with Gasteiger partial charge in [0.15, 0.2) is 0 Å². The molecular weight excluding hydrogens is 280 g/mol. The van der Waals surface area contributed by atoms with E-state index in [-0.39, 0.29) is 5.91 Å². The van der Waals surface area contributed by atoms with Crippen molar-refractivity contribution in [1.29, 1.82) is 0 Å². The summed E-state index contributed by atoms with van der Waals surface area (Å²) in [6.45, 7) is 4.20. The second-order valence-electron chi connectivity index (χ2n) is 5.70. The number of hydrogen-bond acceptors (Lipinski definition) is 3. The molecule has 0 saturated heterocycles. The van der Waals surface area contributed by atoms with Gasteiger partial charge in [-0.1, -0.05) is 19.4 Å². The van der Waals surface area contributed by atoms with Crippen LogP contribution in [0.1, 0.15) is 45.4 Å². The number of thiophene rings is 1. The normalized spacial score (nSPS) is 17.3. The molecule has 2 heterocycles. The second-order valence-corrected chi connectivity index (χ2v) is 6.84. The lowest BCUT2D eigenvalue weighted by molar-refractivity contribution is 0.103. The predicted octanol–water partition coefficient (Wildman–Crippen LogP) is 4.22. The molecule has 0 aromatic carbocycles. The van der Waals surface area contributed by atoms with E-state index in [1.165, 1.54) is 23.3 Å². The number of pyridine rings is 1. The number of aromatic nitrogens is 1. The van der Waals surface area contributed by atoms with Crippen molar-refractivity contribution in [2.24, 2.45) is 5.92 Å². The molecule has 21 heavy (non-hydrogen) atoms. The highest BCUT2D eigenvalue weighted by atomic mass is 32.1. The quantitative estimate of drug-likeness (QED) is 0.922. The van der Waals surface area contributed by atoms with Crippen LogP contribution in [0.4, 0.5) is 5.82 Å². The summed E-state index contributed by atoms with van der Waals surface area (Å²) in [5, 5.41) is 2.92. The summed E-state index contributed by atoms with van der Waals surface area (Å²) >= 11 is 1.64. The molecule has 1 atom stereocenters. The Labute approximate surface area is 129 Å². The average Bonchev–Trinajstić information content (AvgIpc) is 2.92. The molecule has 3 nitrogen and oxygen atoms in total. The van der Waals surface area contributed by atoms with Crippen LogP contribution in [0.5, 0.6) is 0 Å². The average molecular weight is 300 g/mol. The van der Waals surface area contributed by atoms with E-state index in [1.807, 2.05) is 19.1 Å². The number of carbonyl (C=O) groups excluding carboxylic acids is 1. The van der Waals surface area contributed by atoms with Gasteiger partial charge in [-0.25, -0.2) is 4.98 Å². The Hall–Kier alpha value is -1.68. The van der Waals surface area contributed by atoms with Gasteiger partial charge >= 0.3 is 0 Å². The Morgan fingerprint density at radius 1 is 1.52 bits per heavy atom. The molecule has 3 rings (SSSR count). The van der Waals surface area contributed by atoms with Crippen molar-refractivity contribution < 1.29 is 4.79 Å². The Morgan fingerprint density at radius 2 is 2.38 bits per heavy atom. The molecule has 1 amide bonds. The van der Waals surface area contributed by atoms with Crippen molar-refractivity contribution in [2.75, 3.05) is 5.32 Å². The molecule has 2 aromatic rings. The Kier molecular flexibility index (Phi) is 4.06. The molecule has 2 aromatic heterocycles. The lowest BCUT2D eigenvalue weighted by Crippen LogP contribution is -2.12. The van der Waals surface area contributed by atoms with Crippen molar-refractivity contribution in [3.05, 3.63) is 45.3 Å². The largest absolute Gasteiger partial charge is 0.306 e. The minimum Gasteiger partial charge on any atom is -0.306 e. The van der Waals surface area contributed by atoms with E-state index in [2.05, 4.69) is 23.3 Å². The summed E-state index contributed by atoms with van der Waals surface area (Å²) in [5.41, 5.74) is 2.36. The fourth-order valence-electron chi connectivity index (χ4n) is 2.85. The summed E-state index contributed by atoms with van der Waals surface area (Å²) in [6, 6.07) is 5.91. The minimum absolute atomic E-state index is 0.0377. The molecule has 1 aliphatic carbocycles. The van der Waals surface area contributed by atoms with Gasteiger partial charge < -0.3 is 5.32 Å². The van der Waals surface area contributed by atoms with Gasteiger partial charge in [0, 0.05) is 11.1 Å². The topological polar surface area (TPSA) is 42.0 Å². The van der Waals surface area contributed by atoms with Crippen LogP contribution < -0.4 is 5.32 Å². The van der Waals surface area contributed by atoms with Crippen LogP contribution in [0.15, 0.2) is 24.4 Å². The summed E-state index contributed by atoms with van der Waals surface area (Å²) in [6.07, 6.45) is 6.43. The fourth-order valence-corrected chi connectivity index (χ4v) is 3.95. The molecule has 110 valence electrons. The first-order valence-corrected chi connectivity index (χ1v) is 8.33. The third-order valence-electron chi connectivity index (χ3n) is 4.23.